The Balaban J connectivity index is 1.72. The fourth-order valence-electron chi connectivity index (χ4n) is 2.72. The van der Waals surface area contributed by atoms with Crippen molar-refractivity contribution in [1.29, 1.82) is 0 Å². The molecule has 0 aliphatic heterocycles. The minimum absolute atomic E-state index is 0.276. The zero-order chi connectivity index (χ0) is 21.8. The Kier molecular flexibility index (Phi) is 6.66. The summed E-state index contributed by atoms with van der Waals surface area (Å²) in [5.74, 6) is -2.88. The van der Waals surface area contributed by atoms with Crippen LogP contribution in [0, 0.1) is 11.6 Å². The van der Waals surface area contributed by atoms with Crippen LogP contribution in [0.1, 0.15) is 27.0 Å². The molecular formula is C20H17ClF2N4O2S. The summed E-state index contributed by atoms with van der Waals surface area (Å²) >= 11 is 6.91. The second-order valence-electron chi connectivity index (χ2n) is 6.32. The average molecular weight is 451 g/mol. The summed E-state index contributed by atoms with van der Waals surface area (Å²) in [6, 6.07) is 9.95. The zero-order valence-electron chi connectivity index (χ0n) is 15.4. The largest absolute Gasteiger partial charge is 0.398 e. The van der Waals surface area contributed by atoms with E-state index in [1.54, 1.807) is 17.5 Å². The van der Waals surface area contributed by atoms with Gasteiger partial charge in [0.2, 0.25) is 5.91 Å². The third kappa shape index (κ3) is 4.93. The highest BCUT2D eigenvalue weighted by Gasteiger charge is 2.18. The van der Waals surface area contributed by atoms with Crippen LogP contribution in [-0.4, -0.2) is 11.8 Å². The van der Waals surface area contributed by atoms with Gasteiger partial charge in [0.1, 0.15) is 17.8 Å². The van der Waals surface area contributed by atoms with E-state index >= 15 is 0 Å². The smallest absolute Gasteiger partial charge is 0.262 e. The summed E-state index contributed by atoms with van der Waals surface area (Å²) in [6.07, 6.45) is -1.49. The van der Waals surface area contributed by atoms with Gasteiger partial charge < -0.3 is 22.1 Å². The Labute approximate surface area is 179 Å². The number of rotatable bonds is 6. The molecule has 6 nitrogen and oxygen atoms in total. The van der Waals surface area contributed by atoms with E-state index in [4.69, 9.17) is 23.1 Å². The lowest BCUT2D eigenvalue weighted by Gasteiger charge is -2.17. The molecule has 2 aromatic carbocycles. The summed E-state index contributed by atoms with van der Waals surface area (Å²) in [7, 11) is 0. The monoisotopic (exact) mass is 450 g/mol. The SMILES string of the molecule is Nc1ccc(NC(=O)Cc2c(F)ccc(Cl)c2F)cc1C(N)NC(=O)c1cccs1. The summed E-state index contributed by atoms with van der Waals surface area (Å²) in [6.45, 7) is 0. The van der Waals surface area contributed by atoms with Crippen molar-refractivity contribution in [1.82, 2.24) is 5.32 Å². The number of nitrogens with two attached hydrogens (primary N) is 2. The van der Waals surface area contributed by atoms with E-state index in [0.717, 1.165) is 12.1 Å². The molecule has 6 N–H and O–H groups in total. The molecule has 2 amide bonds. The zero-order valence-corrected chi connectivity index (χ0v) is 17.0. The Bertz CT molecular complexity index is 1090. The Morgan fingerprint density at radius 3 is 2.63 bits per heavy atom. The van der Waals surface area contributed by atoms with Crippen molar-refractivity contribution in [2.75, 3.05) is 11.1 Å². The number of hydrogen-bond acceptors (Lipinski definition) is 5. The van der Waals surface area contributed by atoms with Gasteiger partial charge in [0, 0.05) is 22.5 Å². The highest BCUT2D eigenvalue weighted by atomic mass is 35.5. The molecule has 1 heterocycles. The van der Waals surface area contributed by atoms with Crippen LogP contribution in [0.15, 0.2) is 47.8 Å². The van der Waals surface area contributed by atoms with Crippen molar-refractivity contribution >= 4 is 46.1 Å². The maximum atomic E-state index is 14.0. The Hall–Kier alpha value is -3.01. The van der Waals surface area contributed by atoms with E-state index in [9.17, 15) is 18.4 Å². The van der Waals surface area contributed by atoms with Crippen LogP contribution in [0.3, 0.4) is 0 Å². The summed E-state index contributed by atoms with van der Waals surface area (Å²) in [4.78, 5) is 24.9. The fourth-order valence-corrected chi connectivity index (χ4v) is 3.52. The van der Waals surface area contributed by atoms with Crippen LogP contribution >= 0.6 is 22.9 Å². The fraction of sp³-hybridized carbons (Fsp3) is 0.100. The van der Waals surface area contributed by atoms with Gasteiger partial charge in [0.15, 0.2) is 0 Å². The van der Waals surface area contributed by atoms with Crippen molar-refractivity contribution in [3.63, 3.8) is 0 Å². The molecule has 156 valence electrons. The Morgan fingerprint density at radius 2 is 1.93 bits per heavy atom. The van der Waals surface area contributed by atoms with E-state index in [1.165, 1.54) is 29.5 Å². The number of amides is 2. The molecule has 1 unspecified atom stereocenters. The van der Waals surface area contributed by atoms with Gasteiger partial charge in [-0.1, -0.05) is 17.7 Å². The summed E-state index contributed by atoms with van der Waals surface area (Å²) in [5.41, 5.74) is 12.5. The maximum Gasteiger partial charge on any atom is 0.262 e. The first kappa shape index (κ1) is 21.7. The third-order valence-electron chi connectivity index (χ3n) is 4.21. The molecular weight excluding hydrogens is 434 g/mol. The third-order valence-corrected chi connectivity index (χ3v) is 5.37. The lowest BCUT2D eigenvalue weighted by atomic mass is 10.1. The number of anilines is 2. The molecule has 3 rings (SSSR count). The van der Waals surface area contributed by atoms with Crippen molar-refractivity contribution < 1.29 is 18.4 Å². The van der Waals surface area contributed by atoms with Gasteiger partial charge in [-0.3, -0.25) is 9.59 Å². The molecule has 1 aromatic heterocycles. The van der Waals surface area contributed by atoms with Crippen LogP contribution in [-0.2, 0) is 11.2 Å². The molecule has 0 saturated carbocycles. The number of thiophene rings is 1. The second-order valence-corrected chi connectivity index (χ2v) is 7.67. The number of halogens is 3. The predicted octanol–water partition coefficient (Wildman–Crippen LogP) is 3.83. The first-order valence-corrected chi connectivity index (χ1v) is 9.93. The molecule has 1 atom stereocenters. The van der Waals surface area contributed by atoms with E-state index in [2.05, 4.69) is 10.6 Å². The van der Waals surface area contributed by atoms with Crippen LogP contribution < -0.4 is 22.1 Å². The van der Waals surface area contributed by atoms with Gasteiger partial charge in [0.05, 0.1) is 16.3 Å². The molecule has 0 bridgehead atoms. The number of benzene rings is 2. The lowest BCUT2D eigenvalue weighted by molar-refractivity contribution is -0.115. The topological polar surface area (TPSA) is 110 Å². The molecule has 0 aliphatic carbocycles. The number of nitrogens with one attached hydrogen (secondary N) is 2. The standard InChI is InChI=1S/C20H17ClF2N4O2S/c21-13-4-5-14(22)11(18(13)23)9-17(28)26-10-3-6-15(24)12(8-10)19(25)27-20(29)16-2-1-7-30-16/h1-8,19H,9,24-25H2,(H,26,28)(H,27,29). The van der Waals surface area contributed by atoms with Crippen LogP contribution in [0.5, 0.6) is 0 Å². The van der Waals surface area contributed by atoms with Crippen molar-refractivity contribution in [3.8, 4) is 0 Å². The van der Waals surface area contributed by atoms with Gasteiger partial charge in [-0.2, -0.15) is 0 Å². The summed E-state index contributed by atoms with van der Waals surface area (Å²) in [5, 5.41) is 6.64. The quantitative estimate of drug-likeness (QED) is 0.260. The van der Waals surface area contributed by atoms with Crippen LogP contribution in [0.25, 0.3) is 0 Å². The van der Waals surface area contributed by atoms with Crippen molar-refractivity contribution in [2.24, 2.45) is 5.73 Å². The average Bonchev–Trinajstić information content (AvgIpc) is 3.24. The summed E-state index contributed by atoms with van der Waals surface area (Å²) < 4.78 is 27.8. The molecule has 0 radical (unpaired) electrons. The van der Waals surface area contributed by atoms with Gasteiger partial charge in [-0.25, -0.2) is 8.78 Å². The molecule has 0 fully saturated rings. The predicted molar refractivity (Wildman–Crippen MR) is 113 cm³/mol. The van der Waals surface area contributed by atoms with E-state index in [1.807, 2.05) is 0 Å². The van der Waals surface area contributed by atoms with Gasteiger partial charge in [0.25, 0.3) is 5.91 Å². The van der Waals surface area contributed by atoms with E-state index < -0.39 is 35.7 Å². The first-order valence-electron chi connectivity index (χ1n) is 8.68. The van der Waals surface area contributed by atoms with Crippen molar-refractivity contribution in [2.45, 2.75) is 12.6 Å². The molecule has 0 aliphatic rings. The Morgan fingerprint density at radius 1 is 1.17 bits per heavy atom. The van der Waals surface area contributed by atoms with Crippen molar-refractivity contribution in [3.05, 3.63) is 80.5 Å². The second kappa shape index (κ2) is 9.21. The molecule has 30 heavy (non-hydrogen) atoms. The van der Waals surface area contributed by atoms with Crippen LogP contribution in [0.2, 0.25) is 5.02 Å². The number of hydrogen-bond donors (Lipinski definition) is 4. The first-order chi connectivity index (χ1) is 14.3. The molecule has 0 spiro atoms. The molecule has 0 saturated heterocycles. The van der Waals surface area contributed by atoms with Gasteiger partial charge in [-0.05, 0) is 41.8 Å². The van der Waals surface area contributed by atoms with Crippen LogP contribution in [0.4, 0.5) is 20.2 Å². The van der Waals surface area contributed by atoms with Gasteiger partial charge in [-0.15, -0.1) is 11.3 Å². The van der Waals surface area contributed by atoms with E-state index in [-0.39, 0.29) is 10.9 Å². The number of nitrogen functional groups attached to an aromatic ring is 1. The van der Waals surface area contributed by atoms with Gasteiger partial charge >= 0.3 is 0 Å². The lowest BCUT2D eigenvalue weighted by Crippen LogP contribution is -2.34. The molecule has 10 heteroatoms. The highest BCUT2D eigenvalue weighted by molar-refractivity contribution is 7.12. The minimum atomic E-state index is -0.983. The molecule has 3 aromatic rings. The van der Waals surface area contributed by atoms with E-state index in [0.29, 0.717) is 21.8 Å². The highest BCUT2D eigenvalue weighted by Crippen LogP contribution is 2.24. The number of carbonyl (C=O) groups is 2. The normalized spacial score (nSPS) is 11.7. The minimum Gasteiger partial charge on any atom is -0.398 e. The maximum absolute atomic E-state index is 14.0. The number of carbonyl (C=O) groups excluding carboxylic acids is 2.